The van der Waals surface area contributed by atoms with Crippen LogP contribution >= 0.6 is 0 Å². The number of esters is 1. The SMILES string of the molecule is COC(=O)C1CCN(C(=O)NCCCCC(=O)O)CC1. The van der Waals surface area contributed by atoms with Gasteiger partial charge in [-0.1, -0.05) is 0 Å². The number of hydrogen-bond acceptors (Lipinski definition) is 4. The molecular weight excluding hydrogens is 264 g/mol. The smallest absolute Gasteiger partial charge is 0.317 e. The number of urea groups is 1. The van der Waals surface area contributed by atoms with E-state index in [1.165, 1.54) is 7.11 Å². The Balaban J connectivity index is 2.16. The van der Waals surface area contributed by atoms with Gasteiger partial charge in [-0.15, -0.1) is 0 Å². The van der Waals surface area contributed by atoms with Gasteiger partial charge in [0.1, 0.15) is 0 Å². The molecule has 1 aliphatic rings. The molecule has 0 atom stereocenters. The van der Waals surface area contributed by atoms with Crippen molar-refractivity contribution in [3.8, 4) is 0 Å². The van der Waals surface area contributed by atoms with E-state index < -0.39 is 5.97 Å². The molecule has 1 fully saturated rings. The van der Waals surface area contributed by atoms with Gasteiger partial charge < -0.3 is 20.1 Å². The van der Waals surface area contributed by atoms with Crippen molar-refractivity contribution >= 4 is 18.0 Å². The lowest BCUT2D eigenvalue weighted by atomic mass is 9.97. The Labute approximate surface area is 118 Å². The van der Waals surface area contributed by atoms with E-state index in [4.69, 9.17) is 9.84 Å². The van der Waals surface area contributed by atoms with E-state index in [1.807, 2.05) is 0 Å². The number of likely N-dealkylation sites (tertiary alicyclic amines) is 1. The van der Waals surface area contributed by atoms with Gasteiger partial charge >= 0.3 is 18.0 Å². The molecule has 0 bridgehead atoms. The Morgan fingerprint density at radius 3 is 2.45 bits per heavy atom. The number of aliphatic carboxylic acids is 1. The molecule has 114 valence electrons. The zero-order valence-corrected chi connectivity index (χ0v) is 11.8. The minimum Gasteiger partial charge on any atom is -0.481 e. The lowest BCUT2D eigenvalue weighted by Crippen LogP contribution is -2.45. The van der Waals surface area contributed by atoms with Gasteiger partial charge in [0.05, 0.1) is 13.0 Å². The number of nitrogens with zero attached hydrogens (tertiary/aromatic N) is 1. The molecule has 0 aliphatic carbocycles. The molecule has 0 radical (unpaired) electrons. The number of carbonyl (C=O) groups excluding carboxylic acids is 2. The first kappa shape index (κ1) is 16.3. The Bertz CT molecular complexity index is 351. The summed E-state index contributed by atoms with van der Waals surface area (Å²) in [5.74, 6) is -1.14. The van der Waals surface area contributed by atoms with Crippen molar-refractivity contribution in [1.29, 1.82) is 0 Å². The highest BCUT2D eigenvalue weighted by Gasteiger charge is 2.27. The Kier molecular flexibility index (Phi) is 6.83. The van der Waals surface area contributed by atoms with Crippen LogP contribution in [-0.4, -0.2) is 54.7 Å². The number of piperidine rings is 1. The van der Waals surface area contributed by atoms with Gasteiger partial charge in [0.2, 0.25) is 0 Å². The fraction of sp³-hybridized carbons (Fsp3) is 0.769. The number of amides is 2. The van der Waals surface area contributed by atoms with Crippen LogP contribution in [0.4, 0.5) is 4.79 Å². The third-order valence-electron chi connectivity index (χ3n) is 3.41. The maximum atomic E-state index is 11.8. The summed E-state index contributed by atoms with van der Waals surface area (Å²) in [7, 11) is 1.37. The number of nitrogens with one attached hydrogen (secondary N) is 1. The number of ether oxygens (including phenoxy) is 1. The van der Waals surface area contributed by atoms with Crippen LogP contribution in [0.2, 0.25) is 0 Å². The van der Waals surface area contributed by atoms with E-state index in [1.54, 1.807) is 4.90 Å². The highest BCUT2D eigenvalue weighted by Crippen LogP contribution is 2.18. The van der Waals surface area contributed by atoms with Crippen LogP contribution in [0, 0.1) is 5.92 Å². The Morgan fingerprint density at radius 2 is 1.90 bits per heavy atom. The lowest BCUT2D eigenvalue weighted by Gasteiger charge is -2.30. The third-order valence-corrected chi connectivity index (χ3v) is 3.41. The van der Waals surface area contributed by atoms with E-state index >= 15 is 0 Å². The first-order valence-electron chi connectivity index (χ1n) is 6.87. The fourth-order valence-electron chi connectivity index (χ4n) is 2.19. The molecule has 0 aromatic heterocycles. The number of hydrogen-bond donors (Lipinski definition) is 2. The van der Waals surface area contributed by atoms with E-state index in [-0.39, 0.29) is 24.3 Å². The molecule has 7 heteroatoms. The lowest BCUT2D eigenvalue weighted by molar-refractivity contribution is -0.146. The molecule has 0 aromatic rings. The van der Waals surface area contributed by atoms with Crippen molar-refractivity contribution in [2.75, 3.05) is 26.7 Å². The second-order valence-corrected chi connectivity index (χ2v) is 4.87. The van der Waals surface area contributed by atoms with Crippen LogP contribution < -0.4 is 5.32 Å². The van der Waals surface area contributed by atoms with Gasteiger partial charge in [-0.05, 0) is 25.7 Å². The summed E-state index contributed by atoms with van der Waals surface area (Å²) < 4.78 is 4.69. The van der Waals surface area contributed by atoms with Gasteiger partial charge in [0.25, 0.3) is 0 Å². The summed E-state index contributed by atoms with van der Waals surface area (Å²) in [5.41, 5.74) is 0. The molecule has 0 unspecified atom stereocenters. The van der Waals surface area contributed by atoms with Crippen LogP contribution in [-0.2, 0) is 14.3 Å². The minimum absolute atomic E-state index is 0.111. The molecule has 0 spiro atoms. The van der Waals surface area contributed by atoms with Crippen molar-refractivity contribution in [2.45, 2.75) is 32.1 Å². The molecule has 20 heavy (non-hydrogen) atoms. The number of rotatable bonds is 6. The van der Waals surface area contributed by atoms with Gasteiger partial charge in [0, 0.05) is 26.1 Å². The molecule has 1 aliphatic heterocycles. The minimum atomic E-state index is -0.818. The van der Waals surface area contributed by atoms with Crippen molar-refractivity contribution in [1.82, 2.24) is 10.2 Å². The fourth-order valence-corrected chi connectivity index (χ4v) is 2.19. The van der Waals surface area contributed by atoms with E-state index in [0.29, 0.717) is 45.3 Å². The number of carboxylic acids is 1. The molecule has 1 saturated heterocycles. The van der Waals surface area contributed by atoms with Gasteiger partial charge in [-0.3, -0.25) is 9.59 Å². The zero-order valence-electron chi connectivity index (χ0n) is 11.8. The first-order valence-corrected chi connectivity index (χ1v) is 6.87. The topological polar surface area (TPSA) is 95.9 Å². The van der Waals surface area contributed by atoms with Gasteiger partial charge in [-0.25, -0.2) is 4.79 Å². The molecule has 1 rings (SSSR count). The summed E-state index contributed by atoms with van der Waals surface area (Å²) in [5, 5.41) is 11.2. The largest absolute Gasteiger partial charge is 0.481 e. The molecule has 2 amide bonds. The first-order chi connectivity index (χ1) is 9.54. The van der Waals surface area contributed by atoms with E-state index in [0.717, 1.165) is 0 Å². The summed E-state index contributed by atoms with van der Waals surface area (Å²) in [4.78, 5) is 35.2. The molecular formula is C13H22N2O5. The summed E-state index contributed by atoms with van der Waals surface area (Å²) >= 11 is 0. The summed E-state index contributed by atoms with van der Waals surface area (Å²) in [6.07, 6.45) is 2.58. The predicted molar refractivity (Wildman–Crippen MR) is 71.2 cm³/mol. The zero-order chi connectivity index (χ0) is 15.0. The van der Waals surface area contributed by atoms with Crippen molar-refractivity contribution in [3.63, 3.8) is 0 Å². The summed E-state index contributed by atoms with van der Waals surface area (Å²) in [6.45, 7) is 1.56. The van der Waals surface area contributed by atoms with Crippen molar-refractivity contribution in [2.24, 2.45) is 5.92 Å². The number of unbranched alkanes of at least 4 members (excludes halogenated alkanes) is 1. The third kappa shape index (κ3) is 5.46. The molecule has 0 aromatic carbocycles. The Hall–Kier alpha value is -1.79. The van der Waals surface area contributed by atoms with Crippen LogP contribution in [0.5, 0.6) is 0 Å². The second-order valence-electron chi connectivity index (χ2n) is 4.87. The average Bonchev–Trinajstić information content (AvgIpc) is 2.45. The van der Waals surface area contributed by atoms with Gasteiger partial charge in [0.15, 0.2) is 0 Å². The molecule has 7 nitrogen and oxygen atoms in total. The van der Waals surface area contributed by atoms with Crippen molar-refractivity contribution < 1.29 is 24.2 Å². The Morgan fingerprint density at radius 1 is 1.25 bits per heavy atom. The predicted octanol–water partition coefficient (Wildman–Crippen LogP) is 0.836. The van der Waals surface area contributed by atoms with E-state index in [2.05, 4.69) is 5.32 Å². The highest BCUT2D eigenvalue weighted by atomic mass is 16.5. The van der Waals surface area contributed by atoms with Crippen LogP contribution in [0.25, 0.3) is 0 Å². The highest BCUT2D eigenvalue weighted by molar-refractivity contribution is 5.75. The quantitative estimate of drug-likeness (QED) is 0.557. The van der Waals surface area contributed by atoms with Crippen LogP contribution in [0.3, 0.4) is 0 Å². The van der Waals surface area contributed by atoms with E-state index in [9.17, 15) is 14.4 Å². The van der Waals surface area contributed by atoms with Crippen LogP contribution in [0.15, 0.2) is 0 Å². The molecule has 1 heterocycles. The molecule has 2 N–H and O–H groups in total. The van der Waals surface area contributed by atoms with Gasteiger partial charge in [-0.2, -0.15) is 0 Å². The van der Waals surface area contributed by atoms with Crippen LogP contribution in [0.1, 0.15) is 32.1 Å². The maximum Gasteiger partial charge on any atom is 0.317 e. The number of carbonyl (C=O) groups is 3. The summed E-state index contributed by atoms with van der Waals surface area (Å²) in [6, 6.07) is -0.149. The second kappa shape index (κ2) is 8.39. The normalized spacial score (nSPS) is 15.8. The number of carboxylic acid groups (broad SMARTS) is 1. The number of methoxy groups -OCH3 is 1. The average molecular weight is 286 g/mol. The standard InChI is InChI=1S/C13H22N2O5/c1-20-12(18)10-5-8-15(9-6-10)13(19)14-7-3-2-4-11(16)17/h10H,2-9H2,1H3,(H,14,19)(H,16,17). The molecule has 0 saturated carbocycles. The maximum absolute atomic E-state index is 11.8. The van der Waals surface area contributed by atoms with Crippen molar-refractivity contribution in [3.05, 3.63) is 0 Å². The monoisotopic (exact) mass is 286 g/mol.